The van der Waals surface area contributed by atoms with Crippen molar-refractivity contribution in [3.8, 4) is 0 Å². The van der Waals surface area contributed by atoms with Gasteiger partial charge < -0.3 is 14.8 Å². The van der Waals surface area contributed by atoms with Gasteiger partial charge >= 0.3 is 6.03 Å². The van der Waals surface area contributed by atoms with E-state index in [1.807, 2.05) is 11.8 Å². The fraction of sp³-hybridized carbons (Fsp3) is 0.571. The highest BCUT2D eigenvalue weighted by Crippen LogP contribution is 2.16. The number of furan rings is 1. The van der Waals surface area contributed by atoms with Crippen LogP contribution in [0.15, 0.2) is 22.8 Å². The lowest BCUT2D eigenvalue weighted by atomic mass is 9.96. The third kappa shape index (κ3) is 4.87. The average molecular weight is 295 g/mol. The van der Waals surface area contributed by atoms with Crippen molar-refractivity contribution in [3.63, 3.8) is 0 Å². The molecule has 1 fully saturated rings. The van der Waals surface area contributed by atoms with Crippen LogP contribution in [0.5, 0.6) is 0 Å². The Hall–Kier alpha value is -1.86. The van der Waals surface area contributed by atoms with Gasteiger partial charge in [0.05, 0.1) is 25.5 Å². The molecule has 0 saturated carbocycles. The van der Waals surface area contributed by atoms with Crippen molar-refractivity contribution < 1.29 is 19.1 Å². The summed E-state index contributed by atoms with van der Waals surface area (Å²) in [4.78, 5) is 25.2. The van der Waals surface area contributed by atoms with Crippen LogP contribution < -0.4 is 10.6 Å². The maximum absolute atomic E-state index is 11.8. The lowest BCUT2D eigenvalue weighted by molar-refractivity contribution is -0.122. The number of hydrogen-bond donors (Lipinski definition) is 3. The number of likely N-dealkylation sites (tertiary alicyclic amines) is 1. The molecule has 2 rings (SSSR count). The monoisotopic (exact) mass is 295 g/mol. The van der Waals surface area contributed by atoms with Crippen LogP contribution in [0.1, 0.15) is 19.1 Å². The molecule has 1 aromatic heterocycles. The Morgan fingerprint density at radius 2 is 2.33 bits per heavy atom. The summed E-state index contributed by atoms with van der Waals surface area (Å²) < 4.78 is 5.07. The van der Waals surface area contributed by atoms with Crippen molar-refractivity contribution in [1.29, 1.82) is 0 Å². The molecule has 2 heterocycles. The van der Waals surface area contributed by atoms with Crippen molar-refractivity contribution in [2.75, 3.05) is 19.6 Å². The highest BCUT2D eigenvalue weighted by Gasteiger charge is 2.25. The largest absolute Gasteiger partial charge is 0.467 e. The predicted octanol–water partition coefficient (Wildman–Crippen LogP) is 0.308. The van der Waals surface area contributed by atoms with E-state index in [0.29, 0.717) is 12.3 Å². The van der Waals surface area contributed by atoms with Gasteiger partial charge in [0.15, 0.2) is 0 Å². The normalized spacial score (nSPS) is 22.8. The van der Waals surface area contributed by atoms with Crippen molar-refractivity contribution in [3.05, 3.63) is 24.2 Å². The first-order chi connectivity index (χ1) is 10.0. The van der Waals surface area contributed by atoms with Crippen LogP contribution in [-0.4, -0.2) is 47.7 Å². The second kappa shape index (κ2) is 7.24. The van der Waals surface area contributed by atoms with Crippen LogP contribution in [0.25, 0.3) is 0 Å². The Bertz CT molecular complexity index is 475. The van der Waals surface area contributed by atoms with Gasteiger partial charge in [0, 0.05) is 6.54 Å². The summed E-state index contributed by atoms with van der Waals surface area (Å²) in [5.41, 5.74) is 0. The molecular weight excluding hydrogens is 274 g/mol. The quantitative estimate of drug-likeness (QED) is 0.743. The van der Waals surface area contributed by atoms with Gasteiger partial charge in [-0.15, -0.1) is 0 Å². The number of nitrogens with zero attached hydrogens (tertiary/aromatic N) is 1. The highest BCUT2D eigenvalue weighted by molar-refractivity contribution is 5.95. The van der Waals surface area contributed by atoms with Gasteiger partial charge in [0.25, 0.3) is 0 Å². The van der Waals surface area contributed by atoms with Crippen LogP contribution >= 0.6 is 0 Å². The molecule has 1 aromatic rings. The molecule has 2 atom stereocenters. The second-order valence-electron chi connectivity index (χ2n) is 5.38. The van der Waals surface area contributed by atoms with E-state index in [0.717, 1.165) is 13.0 Å². The van der Waals surface area contributed by atoms with Gasteiger partial charge in [-0.05, 0) is 31.0 Å². The molecule has 3 N–H and O–H groups in total. The predicted molar refractivity (Wildman–Crippen MR) is 75.3 cm³/mol. The summed E-state index contributed by atoms with van der Waals surface area (Å²) in [7, 11) is 0. The molecule has 2 unspecified atom stereocenters. The molecule has 0 aliphatic carbocycles. The van der Waals surface area contributed by atoms with Gasteiger partial charge in [-0.1, -0.05) is 6.92 Å². The first kappa shape index (κ1) is 15.5. The fourth-order valence-electron chi connectivity index (χ4n) is 2.25. The summed E-state index contributed by atoms with van der Waals surface area (Å²) in [6, 6.07) is 2.91. The van der Waals surface area contributed by atoms with Gasteiger partial charge in [0.1, 0.15) is 5.76 Å². The molecule has 21 heavy (non-hydrogen) atoms. The average Bonchev–Trinajstić information content (AvgIpc) is 2.94. The molecule has 116 valence electrons. The molecule has 1 saturated heterocycles. The van der Waals surface area contributed by atoms with Crippen LogP contribution in [0.4, 0.5) is 4.79 Å². The van der Waals surface area contributed by atoms with Gasteiger partial charge in [-0.25, -0.2) is 4.79 Å². The SMILES string of the molecule is CC1CCN(CC(=O)NC(=O)NCc2ccco2)CC1O. The standard InChI is InChI=1S/C14H21N3O4/c1-10-4-5-17(8-12(10)18)9-13(19)16-14(20)15-7-11-3-2-6-21-11/h2-3,6,10,12,18H,4-5,7-9H2,1H3,(H2,15,16,19,20). The third-order valence-corrected chi connectivity index (χ3v) is 3.63. The van der Waals surface area contributed by atoms with E-state index in [2.05, 4.69) is 10.6 Å². The summed E-state index contributed by atoms with van der Waals surface area (Å²) in [6.45, 7) is 3.54. The van der Waals surface area contributed by atoms with Crippen molar-refractivity contribution >= 4 is 11.9 Å². The number of piperidine rings is 1. The van der Waals surface area contributed by atoms with E-state index in [9.17, 15) is 14.7 Å². The minimum Gasteiger partial charge on any atom is -0.467 e. The van der Waals surface area contributed by atoms with Crippen molar-refractivity contribution in [1.82, 2.24) is 15.5 Å². The summed E-state index contributed by atoms with van der Waals surface area (Å²) in [5.74, 6) is 0.486. The smallest absolute Gasteiger partial charge is 0.321 e. The molecule has 1 aliphatic rings. The number of β-amino-alcohol motifs (C(OH)–C–C–N with tert-alkyl or cyclic N) is 1. The molecule has 7 heteroatoms. The van der Waals surface area contributed by atoms with E-state index in [-0.39, 0.29) is 24.9 Å². The number of nitrogens with one attached hydrogen (secondary N) is 2. The van der Waals surface area contributed by atoms with Crippen LogP contribution in [0.3, 0.4) is 0 Å². The molecule has 0 radical (unpaired) electrons. The first-order valence-corrected chi connectivity index (χ1v) is 7.05. The van der Waals surface area contributed by atoms with Crippen molar-refractivity contribution in [2.24, 2.45) is 5.92 Å². The number of aliphatic hydroxyl groups excluding tert-OH is 1. The highest BCUT2D eigenvalue weighted by atomic mass is 16.3. The Labute approximate surface area is 123 Å². The minimum absolute atomic E-state index is 0.109. The fourth-order valence-corrected chi connectivity index (χ4v) is 2.25. The van der Waals surface area contributed by atoms with Gasteiger partial charge in [-0.2, -0.15) is 0 Å². The number of hydrogen-bond acceptors (Lipinski definition) is 5. The minimum atomic E-state index is -0.553. The number of amides is 3. The number of aliphatic hydroxyl groups is 1. The number of rotatable bonds is 4. The maximum Gasteiger partial charge on any atom is 0.321 e. The third-order valence-electron chi connectivity index (χ3n) is 3.63. The number of imide groups is 1. The summed E-state index contributed by atoms with van der Waals surface area (Å²) in [5, 5.41) is 14.6. The molecule has 0 spiro atoms. The second-order valence-corrected chi connectivity index (χ2v) is 5.38. The Morgan fingerprint density at radius 1 is 1.52 bits per heavy atom. The van der Waals surface area contributed by atoms with E-state index < -0.39 is 12.1 Å². The lowest BCUT2D eigenvalue weighted by Gasteiger charge is -2.33. The Kier molecular flexibility index (Phi) is 5.35. The van der Waals surface area contributed by atoms with Gasteiger partial charge in [0.2, 0.25) is 5.91 Å². The number of carbonyl (C=O) groups is 2. The Morgan fingerprint density at radius 3 is 3.00 bits per heavy atom. The van der Waals surface area contributed by atoms with Gasteiger partial charge in [-0.3, -0.25) is 15.0 Å². The number of urea groups is 1. The Balaban J connectivity index is 1.68. The zero-order chi connectivity index (χ0) is 15.2. The van der Waals surface area contributed by atoms with Crippen LogP contribution in [-0.2, 0) is 11.3 Å². The molecular formula is C14H21N3O4. The summed E-state index contributed by atoms with van der Waals surface area (Å²) >= 11 is 0. The summed E-state index contributed by atoms with van der Waals surface area (Å²) in [6.07, 6.45) is 1.95. The molecule has 7 nitrogen and oxygen atoms in total. The topological polar surface area (TPSA) is 94.8 Å². The molecule has 1 aliphatic heterocycles. The zero-order valence-electron chi connectivity index (χ0n) is 12.0. The zero-order valence-corrected chi connectivity index (χ0v) is 12.0. The first-order valence-electron chi connectivity index (χ1n) is 7.05. The van der Waals surface area contributed by atoms with E-state index in [1.54, 1.807) is 12.1 Å². The molecule has 3 amide bonds. The van der Waals surface area contributed by atoms with Crippen LogP contribution in [0, 0.1) is 5.92 Å². The van der Waals surface area contributed by atoms with E-state index in [4.69, 9.17) is 4.42 Å². The van der Waals surface area contributed by atoms with Crippen molar-refractivity contribution in [2.45, 2.75) is 26.0 Å². The number of carbonyl (C=O) groups excluding carboxylic acids is 2. The van der Waals surface area contributed by atoms with E-state index in [1.165, 1.54) is 6.26 Å². The van der Waals surface area contributed by atoms with Crippen LogP contribution in [0.2, 0.25) is 0 Å². The lowest BCUT2D eigenvalue weighted by Crippen LogP contribution is -2.49. The molecule has 0 aromatic carbocycles. The molecule has 0 bridgehead atoms. The van der Waals surface area contributed by atoms with E-state index >= 15 is 0 Å². The maximum atomic E-state index is 11.8.